The molecule has 108 valence electrons. The fourth-order valence-electron chi connectivity index (χ4n) is 2.35. The highest BCUT2D eigenvalue weighted by Gasteiger charge is 2.38. The number of ether oxygens (including phenoxy) is 1. The first-order valence-corrected chi connectivity index (χ1v) is 7.57. The van der Waals surface area contributed by atoms with Gasteiger partial charge >= 0.3 is 0 Å². The van der Waals surface area contributed by atoms with Gasteiger partial charge in [-0.25, -0.2) is 8.42 Å². The molecule has 1 atom stereocenters. The number of sulfonamides is 1. The zero-order chi connectivity index (χ0) is 14.3. The highest BCUT2D eigenvalue weighted by molar-refractivity contribution is 7.89. The van der Waals surface area contributed by atoms with Gasteiger partial charge in [0.05, 0.1) is 5.60 Å². The molecule has 8 heteroatoms. The van der Waals surface area contributed by atoms with Gasteiger partial charge in [-0.05, 0) is 19.8 Å². The van der Waals surface area contributed by atoms with Crippen molar-refractivity contribution in [3.05, 3.63) is 6.20 Å². The second-order valence-corrected chi connectivity index (χ2v) is 7.05. The number of aromatic nitrogens is 2. The van der Waals surface area contributed by atoms with E-state index in [4.69, 9.17) is 10.5 Å². The molecule has 0 saturated carbocycles. The third kappa shape index (κ3) is 2.60. The first-order valence-electron chi connectivity index (χ1n) is 6.13. The van der Waals surface area contributed by atoms with Gasteiger partial charge in [0.2, 0.25) is 10.0 Å². The Labute approximate surface area is 113 Å². The van der Waals surface area contributed by atoms with E-state index in [1.807, 2.05) is 6.92 Å². The summed E-state index contributed by atoms with van der Waals surface area (Å²) in [5, 5.41) is 3.89. The first-order chi connectivity index (χ1) is 8.78. The maximum absolute atomic E-state index is 12.6. The molecular formula is C11H20N4O3S. The lowest BCUT2D eigenvalue weighted by Gasteiger charge is -2.38. The van der Waals surface area contributed by atoms with E-state index in [1.54, 1.807) is 14.2 Å². The van der Waals surface area contributed by atoms with Gasteiger partial charge in [-0.1, -0.05) is 0 Å². The average Bonchev–Trinajstić information content (AvgIpc) is 2.69. The summed E-state index contributed by atoms with van der Waals surface area (Å²) in [6.07, 6.45) is 3.05. The number of rotatable bonds is 3. The Kier molecular flexibility index (Phi) is 3.59. The molecule has 2 rings (SSSR count). The van der Waals surface area contributed by atoms with Crippen LogP contribution in [-0.4, -0.2) is 48.3 Å². The number of anilines is 1. The number of hydrogen-bond acceptors (Lipinski definition) is 5. The smallest absolute Gasteiger partial charge is 0.248 e. The van der Waals surface area contributed by atoms with E-state index >= 15 is 0 Å². The van der Waals surface area contributed by atoms with Gasteiger partial charge in [-0.2, -0.15) is 9.40 Å². The van der Waals surface area contributed by atoms with Crippen LogP contribution in [0.2, 0.25) is 0 Å². The van der Waals surface area contributed by atoms with Crippen LogP contribution in [0.4, 0.5) is 5.82 Å². The second kappa shape index (κ2) is 4.77. The second-order valence-electron chi connectivity index (χ2n) is 5.15. The minimum Gasteiger partial charge on any atom is -0.381 e. The van der Waals surface area contributed by atoms with Gasteiger partial charge < -0.3 is 10.5 Å². The van der Waals surface area contributed by atoms with E-state index in [1.165, 1.54) is 15.2 Å². The van der Waals surface area contributed by atoms with E-state index < -0.39 is 15.6 Å². The van der Waals surface area contributed by atoms with Crippen LogP contribution in [0.5, 0.6) is 0 Å². The molecule has 0 amide bonds. The Bertz CT molecular complexity index is 568. The Morgan fingerprint density at radius 1 is 1.53 bits per heavy atom. The summed E-state index contributed by atoms with van der Waals surface area (Å²) in [6.45, 7) is 2.73. The molecule has 19 heavy (non-hydrogen) atoms. The number of hydrogen-bond donors (Lipinski definition) is 1. The Balaban J connectivity index is 2.32. The summed E-state index contributed by atoms with van der Waals surface area (Å²) in [5.74, 6) is 0.0344. The van der Waals surface area contributed by atoms with Crippen molar-refractivity contribution in [2.45, 2.75) is 30.3 Å². The van der Waals surface area contributed by atoms with Crippen LogP contribution in [-0.2, 0) is 21.8 Å². The molecule has 7 nitrogen and oxygen atoms in total. The molecule has 1 aliphatic heterocycles. The molecule has 1 aliphatic rings. The van der Waals surface area contributed by atoms with Gasteiger partial charge in [0, 0.05) is 33.4 Å². The summed E-state index contributed by atoms with van der Waals surface area (Å²) < 4.78 is 33.4. The van der Waals surface area contributed by atoms with Crippen molar-refractivity contribution in [1.29, 1.82) is 0 Å². The molecule has 0 bridgehead atoms. The van der Waals surface area contributed by atoms with E-state index in [9.17, 15) is 8.42 Å². The minimum absolute atomic E-state index is 0.0344. The van der Waals surface area contributed by atoms with Crippen LogP contribution in [0.3, 0.4) is 0 Å². The van der Waals surface area contributed by atoms with Crippen molar-refractivity contribution < 1.29 is 13.2 Å². The van der Waals surface area contributed by atoms with Crippen LogP contribution >= 0.6 is 0 Å². The predicted octanol–water partition coefficient (Wildman–Crippen LogP) is 0.192. The summed E-state index contributed by atoms with van der Waals surface area (Å²) in [7, 11) is -0.359. The molecule has 0 aliphatic carbocycles. The van der Waals surface area contributed by atoms with Gasteiger partial charge in [0.1, 0.15) is 4.90 Å². The van der Waals surface area contributed by atoms with Crippen molar-refractivity contribution in [3.63, 3.8) is 0 Å². The van der Waals surface area contributed by atoms with Crippen LogP contribution in [0.25, 0.3) is 0 Å². The van der Waals surface area contributed by atoms with Gasteiger partial charge in [-0.3, -0.25) is 4.68 Å². The maximum Gasteiger partial charge on any atom is 0.248 e. The number of methoxy groups -OCH3 is 1. The lowest BCUT2D eigenvalue weighted by molar-refractivity contribution is -0.0319. The first kappa shape index (κ1) is 14.3. The fourth-order valence-corrected chi connectivity index (χ4v) is 4.04. The summed E-state index contributed by atoms with van der Waals surface area (Å²) in [4.78, 5) is 0.0651. The molecule has 0 radical (unpaired) electrons. The molecule has 2 N–H and O–H groups in total. The summed E-state index contributed by atoms with van der Waals surface area (Å²) in [5.41, 5.74) is 5.22. The normalized spacial score (nSPS) is 25.6. The van der Waals surface area contributed by atoms with E-state index in [2.05, 4.69) is 5.10 Å². The van der Waals surface area contributed by atoms with E-state index in [0.29, 0.717) is 13.1 Å². The molecule has 1 saturated heterocycles. The molecule has 1 fully saturated rings. The molecule has 1 aromatic heterocycles. The Morgan fingerprint density at radius 3 is 2.74 bits per heavy atom. The van der Waals surface area contributed by atoms with E-state index in [-0.39, 0.29) is 10.7 Å². The largest absolute Gasteiger partial charge is 0.381 e. The lowest BCUT2D eigenvalue weighted by atomic mass is 9.96. The molecule has 1 aromatic rings. The van der Waals surface area contributed by atoms with Crippen molar-refractivity contribution in [2.24, 2.45) is 7.05 Å². The van der Waals surface area contributed by atoms with Gasteiger partial charge in [0.15, 0.2) is 5.82 Å². The monoisotopic (exact) mass is 288 g/mol. The van der Waals surface area contributed by atoms with Crippen LogP contribution in [0, 0.1) is 0 Å². The summed E-state index contributed by atoms with van der Waals surface area (Å²) >= 11 is 0. The Morgan fingerprint density at radius 2 is 2.21 bits per heavy atom. The van der Waals surface area contributed by atoms with Crippen LogP contribution in [0.1, 0.15) is 19.8 Å². The van der Waals surface area contributed by atoms with Crippen LogP contribution < -0.4 is 5.73 Å². The quantitative estimate of drug-likeness (QED) is 0.857. The molecule has 0 aromatic carbocycles. The average molecular weight is 288 g/mol. The topological polar surface area (TPSA) is 90.5 Å². The van der Waals surface area contributed by atoms with Crippen molar-refractivity contribution in [3.8, 4) is 0 Å². The molecular weight excluding hydrogens is 268 g/mol. The standard InChI is InChI=1S/C11H20N4O3S/c1-11(18-3)5-4-6-15(8-11)19(16,17)9-7-14(2)13-10(9)12/h7H,4-6,8H2,1-3H3,(H2,12,13). The third-order valence-electron chi connectivity index (χ3n) is 3.56. The molecule has 0 spiro atoms. The van der Waals surface area contributed by atoms with Crippen molar-refractivity contribution in [1.82, 2.24) is 14.1 Å². The predicted molar refractivity (Wildman–Crippen MR) is 71.0 cm³/mol. The lowest BCUT2D eigenvalue weighted by Crippen LogP contribution is -2.49. The molecule has 2 heterocycles. The maximum atomic E-state index is 12.6. The number of nitrogens with two attached hydrogens (primary N) is 1. The number of nitrogens with zero attached hydrogens (tertiary/aromatic N) is 3. The van der Waals surface area contributed by atoms with Crippen molar-refractivity contribution in [2.75, 3.05) is 25.9 Å². The molecule has 1 unspecified atom stereocenters. The fraction of sp³-hybridized carbons (Fsp3) is 0.727. The zero-order valence-electron chi connectivity index (χ0n) is 11.5. The van der Waals surface area contributed by atoms with Gasteiger partial charge in [-0.15, -0.1) is 0 Å². The number of aryl methyl sites for hydroxylation is 1. The number of nitrogen functional groups attached to an aromatic ring is 1. The highest BCUT2D eigenvalue weighted by atomic mass is 32.2. The summed E-state index contributed by atoms with van der Waals surface area (Å²) in [6, 6.07) is 0. The Hall–Kier alpha value is -1.12. The number of piperidine rings is 1. The van der Waals surface area contributed by atoms with Crippen LogP contribution in [0.15, 0.2) is 11.1 Å². The third-order valence-corrected chi connectivity index (χ3v) is 5.42. The zero-order valence-corrected chi connectivity index (χ0v) is 12.3. The van der Waals surface area contributed by atoms with Crippen molar-refractivity contribution >= 4 is 15.8 Å². The highest BCUT2D eigenvalue weighted by Crippen LogP contribution is 2.29. The van der Waals surface area contributed by atoms with E-state index in [0.717, 1.165) is 12.8 Å². The van der Waals surface area contributed by atoms with Gasteiger partial charge in [0.25, 0.3) is 0 Å². The SMILES string of the molecule is COC1(C)CCCN(S(=O)(=O)c2cn(C)nc2N)C1. The minimum atomic E-state index is -3.61.